The average Bonchev–Trinajstić information content (AvgIpc) is 2.34. The molecule has 0 aliphatic rings. The normalized spacial score (nSPS) is 12.8. The van der Waals surface area contributed by atoms with Gasteiger partial charge in [0.15, 0.2) is 0 Å². The third kappa shape index (κ3) is 6.95. The third-order valence-electron chi connectivity index (χ3n) is 2.41. The Morgan fingerprint density at radius 1 is 1.17 bits per heavy atom. The van der Waals surface area contributed by atoms with E-state index in [0.29, 0.717) is 0 Å². The molecule has 0 spiro atoms. The highest BCUT2D eigenvalue weighted by molar-refractivity contribution is 7.86. The number of carbonyl (C=O) groups excluding carboxylic acids is 1. The average molecular weight is 347 g/mol. The van der Waals surface area contributed by atoms with E-state index in [-0.39, 0.29) is 4.90 Å². The smallest absolute Gasteiger partial charge is 0.407 e. The minimum Gasteiger partial charge on any atom is -0.444 e. The zero-order valence-electron chi connectivity index (χ0n) is 13.4. The number of benzene rings is 1. The maximum Gasteiger partial charge on any atom is 0.407 e. The SMILES string of the molecule is Cc1ccc(S(=O)(=O)OC(O)(O)CNC(=O)OC(C)(C)C)cc1. The van der Waals surface area contributed by atoms with Crippen molar-refractivity contribution < 1.29 is 32.3 Å². The molecule has 0 aliphatic carbocycles. The summed E-state index contributed by atoms with van der Waals surface area (Å²) in [5.74, 6) is -3.11. The molecule has 0 saturated heterocycles. The first-order valence-electron chi connectivity index (χ1n) is 6.75. The van der Waals surface area contributed by atoms with Crippen molar-refractivity contribution in [1.29, 1.82) is 0 Å². The number of hydrogen-bond acceptors (Lipinski definition) is 7. The molecule has 0 radical (unpaired) electrons. The summed E-state index contributed by atoms with van der Waals surface area (Å²) in [4.78, 5) is 11.2. The van der Waals surface area contributed by atoms with Crippen LogP contribution in [0.25, 0.3) is 0 Å². The number of carbonyl (C=O) groups is 1. The molecule has 0 fully saturated rings. The van der Waals surface area contributed by atoms with Crippen LogP contribution in [0.1, 0.15) is 26.3 Å². The lowest BCUT2D eigenvalue weighted by Gasteiger charge is -2.23. The van der Waals surface area contributed by atoms with Crippen molar-refractivity contribution in [2.45, 2.75) is 44.2 Å². The minimum absolute atomic E-state index is 0.243. The minimum atomic E-state index is -4.41. The van der Waals surface area contributed by atoms with Gasteiger partial charge >= 0.3 is 22.2 Å². The van der Waals surface area contributed by atoms with Crippen LogP contribution in [0.4, 0.5) is 4.79 Å². The van der Waals surface area contributed by atoms with Gasteiger partial charge in [0.05, 0.1) is 4.90 Å². The Kier molecular flexibility index (Phi) is 5.75. The number of nitrogens with one attached hydrogen (secondary N) is 1. The molecule has 1 amide bonds. The van der Waals surface area contributed by atoms with Gasteiger partial charge < -0.3 is 20.3 Å². The first kappa shape index (κ1) is 19.4. The number of hydrogen-bond donors (Lipinski definition) is 3. The molecule has 1 rings (SSSR count). The Morgan fingerprint density at radius 3 is 2.17 bits per heavy atom. The van der Waals surface area contributed by atoms with Crippen molar-refractivity contribution in [1.82, 2.24) is 5.32 Å². The van der Waals surface area contributed by atoms with Crippen molar-refractivity contribution in [3.8, 4) is 0 Å². The van der Waals surface area contributed by atoms with Crippen molar-refractivity contribution in [3.63, 3.8) is 0 Å². The molecule has 1 aromatic rings. The first-order chi connectivity index (χ1) is 10.3. The van der Waals surface area contributed by atoms with Crippen LogP contribution in [0.15, 0.2) is 29.2 Å². The Hall–Kier alpha value is -1.68. The van der Waals surface area contributed by atoms with Gasteiger partial charge in [-0.15, -0.1) is 0 Å². The van der Waals surface area contributed by atoms with E-state index in [1.807, 2.05) is 5.32 Å². The maximum atomic E-state index is 11.9. The number of ether oxygens (including phenoxy) is 1. The van der Waals surface area contributed by atoms with Gasteiger partial charge in [-0.05, 0) is 39.8 Å². The summed E-state index contributed by atoms with van der Waals surface area (Å²) in [7, 11) is -4.41. The number of aliphatic hydroxyl groups is 2. The predicted octanol–water partition coefficient (Wildman–Crippen LogP) is 0.863. The van der Waals surface area contributed by atoms with Gasteiger partial charge in [-0.1, -0.05) is 17.7 Å². The lowest BCUT2D eigenvalue weighted by molar-refractivity contribution is -0.284. The number of amides is 1. The fourth-order valence-corrected chi connectivity index (χ4v) is 2.44. The van der Waals surface area contributed by atoms with E-state index in [1.165, 1.54) is 24.3 Å². The lowest BCUT2D eigenvalue weighted by Crippen LogP contribution is -2.47. The van der Waals surface area contributed by atoms with Crippen LogP contribution in [0.2, 0.25) is 0 Å². The van der Waals surface area contributed by atoms with E-state index in [4.69, 9.17) is 4.74 Å². The van der Waals surface area contributed by atoms with Crippen molar-refractivity contribution in [2.75, 3.05) is 6.54 Å². The van der Waals surface area contributed by atoms with E-state index >= 15 is 0 Å². The predicted molar refractivity (Wildman–Crippen MR) is 80.9 cm³/mol. The van der Waals surface area contributed by atoms with E-state index in [0.717, 1.165) is 5.56 Å². The fraction of sp³-hybridized carbons (Fsp3) is 0.500. The molecule has 23 heavy (non-hydrogen) atoms. The molecular weight excluding hydrogens is 326 g/mol. The van der Waals surface area contributed by atoms with Gasteiger partial charge in [0.25, 0.3) is 0 Å². The molecule has 8 nitrogen and oxygen atoms in total. The van der Waals surface area contributed by atoms with E-state index in [9.17, 15) is 23.4 Å². The van der Waals surface area contributed by atoms with Crippen LogP contribution < -0.4 is 5.32 Å². The Morgan fingerprint density at radius 2 is 1.70 bits per heavy atom. The molecule has 0 aliphatic heterocycles. The van der Waals surface area contributed by atoms with Gasteiger partial charge in [0.2, 0.25) is 0 Å². The molecule has 130 valence electrons. The number of alkyl carbamates (subject to hydrolysis) is 1. The molecule has 0 bridgehead atoms. The monoisotopic (exact) mass is 347 g/mol. The summed E-state index contributed by atoms with van der Waals surface area (Å²) in [5, 5.41) is 21.2. The van der Waals surface area contributed by atoms with Gasteiger partial charge in [0, 0.05) is 0 Å². The quantitative estimate of drug-likeness (QED) is 0.533. The first-order valence-corrected chi connectivity index (χ1v) is 8.15. The molecule has 0 unspecified atom stereocenters. The summed E-state index contributed by atoms with van der Waals surface area (Å²) in [6.45, 7) is 5.74. The van der Waals surface area contributed by atoms with Gasteiger partial charge in [-0.3, -0.25) is 0 Å². The fourth-order valence-electron chi connectivity index (χ4n) is 1.46. The molecule has 1 aromatic carbocycles. The molecule has 9 heteroatoms. The molecular formula is C14H21NO7S. The van der Waals surface area contributed by atoms with Gasteiger partial charge in [0.1, 0.15) is 12.1 Å². The number of rotatable bonds is 5. The largest absolute Gasteiger partial charge is 0.444 e. The standard InChI is InChI=1S/C14H21NO7S/c1-10-5-7-11(8-6-10)23(19,20)22-14(17,18)9-15-12(16)21-13(2,3)4/h5-8,17-18H,9H2,1-4H3,(H,15,16). The van der Waals surface area contributed by atoms with E-state index < -0.39 is 34.3 Å². The van der Waals surface area contributed by atoms with E-state index in [2.05, 4.69) is 4.18 Å². The summed E-state index contributed by atoms with van der Waals surface area (Å²) < 4.78 is 33.1. The van der Waals surface area contributed by atoms with E-state index in [1.54, 1.807) is 27.7 Å². The summed E-state index contributed by atoms with van der Waals surface area (Å²) in [6, 6.07) is 5.60. The zero-order chi connectivity index (χ0) is 17.9. The summed E-state index contributed by atoms with van der Waals surface area (Å²) >= 11 is 0. The topological polar surface area (TPSA) is 122 Å². The van der Waals surface area contributed by atoms with Gasteiger partial charge in [-0.2, -0.15) is 8.42 Å². The van der Waals surface area contributed by atoms with Crippen LogP contribution in [0.5, 0.6) is 0 Å². The Balaban J connectivity index is 2.70. The van der Waals surface area contributed by atoms with Crippen molar-refractivity contribution >= 4 is 16.2 Å². The third-order valence-corrected chi connectivity index (χ3v) is 3.75. The second kappa shape index (κ2) is 6.83. The van der Waals surface area contributed by atoms with Gasteiger partial charge in [-0.25, -0.2) is 8.98 Å². The van der Waals surface area contributed by atoms with Crippen molar-refractivity contribution in [2.24, 2.45) is 0 Å². The van der Waals surface area contributed by atoms with Crippen LogP contribution in [0.3, 0.4) is 0 Å². The Labute approximate surface area is 135 Å². The second-order valence-electron chi connectivity index (χ2n) is 5.95. The Bertz CT molecular complexity index is 645. The molecule has 0 saturated carbocycles. The zero-order valence-corrected chi connectivity index (χ0v) is 14.2. The van der Waals surface area contributed by atoms with Crippen LogP contribution >= 0.6 is 0 Å². The molecule has 0 heterocycles. The molecule has 0 aromatic heterocycles. The second-order valence-corrected chi connectivity index (χ2v) is 7.50. The van der Waals surface area contributed by atoms with Crippen LogP contribution in [0, 0.1) is 6.92 Å². The summed E-state index contributed by atoms with van der Waals surface area (Å²) in [6.07, 6.45) is -0.943. The highest BCUT2D eigenvalue weighted by Crippen LogP contribution is 2.18. The van der Waals surface area contributed by atoms with Crippen LogP contribution in [-0.4, -0.2) is 42.8 Å². The molecule has 0 atom stereocenters. The summed E-state index contributed by atoms with van der Waals surface area (Å²) in [5.41, 5.74) is 0.0433. The van der Waals surface area contributed by atoms with Crippen LogP contribution in [-0.2, 0) is 19.0 Å². The highest BCUT2D eigenvalue weighted by Gasteiger charge is 2.34. The maximum absolute atomic E-state index is 11.9. The highest BCUT2D eigenvalue weighted by atomic mass is 32.2. The number of aryl methyl sites for hydroxylation is 1. The van der Waals surface area contributed by atoms with Crippen molar-refractivity contribution in [3.05, 3.63) is 29.8 Å². The lowest BCUT2D eigenvalue weighted by atomic mass is 10.2. The molecule has 3 N–H and O–H groups in total.